The van der Waals surface area contributed by atoms with Crippen molar-refractivity contribution in [3.63, 3.8) is 0 Å². The maximum absolute atomic E-state index is 12.9. The van der Waals surface area contributed by atoms with E-state index in [1.807, 2.05) is 26.0 Å². The van der Waals surface area contributed by atoms with Crippen molar-refractivity contribution >= 4 is 11.7 Å². The highest BCUT2D eigenvalue weighted by molar-refractivity contribution is 5.98. The number of rotatable bonds is 6. The molecule has 8 nitrogen and oxygen atoms in total. The van der Waals surface area contributed by atoms with Crippen LogP contribution in [0.4, 0.5) is 0 Å². The van der Waals surface area contributed by atoms with Gasteiger partial charge in [-0.2, -0.15) is 4.80 Å². The summed E-state index contributed by atoms with van der Waals surface area (Å²) in [7, 11) is 0. The van der Waals surface area contributed by atoms with Crippen LogP contribution in [-0.2, 0) is 11.3 Å². The molecule has 0 N–H and O–H groups in total. The molecular weight excluding hydrogens is 334 g/mol. The molecule has 0 saturated carbocycles. The number of carbonyl (C=O) groups is 2. The zero-order valence-electron chi connectivity index (χ0n) is 15.0. The first-order chi connectivity index (χ1) is 12.5. The minimum atomic E-state index is -0.203. The van der Waals surface area contributed by atoms with Crippen LogP contribution in [0.5, 0.6) is 5.75 Å². The molecule has 138 valence electrons. The second-order valence-electron chi connectivity index (χ2n) is 6.70. The fourth-order valence-corrected chi connectivity index (χ4v) is 3.13. The highest BCUT2D eigenvalue weighted by Crippen LogP contribution is 2.23. The molecule has 0 spiro atoms. The first kappa shape index (κ1) is 18.0. The first-order valence-electron chi connectivity index (χ1n) is 8.82. The van der Waals surface area contributed by atoms with Crippen molar-refractivity contribution in [2.24, 2.45) is 5.92 Å². The maximum Gasteiger partial charge on any atom is 0.246 e. The summed E-state index contributed by atoms with van der Waals surface area (Å²) in [6.45, 7) is 5.00. The van der Waals surface area contributed by atoms with E-state index >= 15 is 0 Å². The lowest BCUT2D eigenvalue weighted by Crippen LogP contribution is -2.43. The normalized spacial score (nSPS) is 17.3. The van der Waals surface area contributed by atoms with Crippen LogP contribution >= 0.6 is 0 Å². The zero-order valence-corrected chi connectivity index (χ0v) is 15.0. The molecule has 1 aliphatic heterocycles. The highest BCUT2D eigenvalue weighted by Gasteiger charge is 2.29. The van der Waals surface area contributed by atoms with Crippen LogP contribution in [-0.4, -0.2) is 56.0 Å². The number of likely N-dealkylation sites (tertiary alicyclic amines) is 1. The Morgan fingerprint density at radius 3 is 2.92 bits per heavy atom. The largest absolute Gasteiger partial charge is 0.491 e. The van der Waals surface area contributed by atoms with Gasteiger partial charge in [-0.3, -0.25) is 9.59 Å². The number of nitrogens with zero attached hydrogens (tertiary/aromatic N) is 5. The summed E-state index contributed by atoms with van der Waals surface area (Å²) in [5.74, 6) is 0.436. The Balaban J connectivity index is 1.65. The third-order valence-electron chi connectivity index (χ3n) is 4.30. The molecule has 3 rings (SSSR count). The van der Waals surface area contributed by atoms with Gasteiger partial charge in [0, 0.05) is 24.6 Å². The number of hydrogen-bond acceptors (Lipinski definition) is 6. The summed E-state index contributed by atoms with van der Waals surface area (Å²) in [5.41, 5.74) is 0.625. The number of amides is 1. The number of piperidine rings is 1. The minimum Gasteiger partial charge on any atom is -0.491 e. The van der Waals surface area contributed by atoms with Gasteiger partial charge in [-0.05, 0) is 44.0 Å². The molecule has 1 atom stereocenters. The molecule has 1 aromatic heterocycles. The predicted octanol–water partition coefficient (Wildman–Crippen LogP) is 1.58. The number of tetrazole rings is 1. The van der Waals surface area contributed by atoms with Crippen molar-refractivity contribution in [3.8, 4) is 5.75 Å². The van der Waals surface area contributed by atoms with E-state index < -0.39 is 0 Å². The van der Waals surface area contributed by atoms with Crippen LogP contribution in [0.2, 0.25) is 0 Å². The van der Waals surface area contributed by atoms with Crippen LogP contribution < -0.4 is 4.74 Å². The van der Waals surface area contributed by atoms with Crippen LogP contribution in [0.1, 0.15) is 37.0 Å². The number of ketones is 1. The highest BCUT2D eigenvalue weighted by atomic mass is 16.5. The summed E-state index contributed by atoms with van der Waals surface area (Å²) in [4.78, 5) is 28.3. The molecule has 0 bridgehead atoms. The van der Waals surface area contributed by atoms with E-state index in [4.69, 9.17) is 4.74 Å². The second kappa shape index (κ2) is 8.07. The van der Waals surface area contributed by atoms with Gasteiger partial charge in [0.15, 0.2) is 12.1 Å². The van der Waals surface area contributed by atoms with E-state index in [0.29, 0.717) is 24.4 Å². The molecule has 8 heteroatoms. The lowest BCUT2D eigenvalue weighted by molar-refractivity contribution is -0.133. The molecule has 0 aliphatic carbocycles. The van der Waals surface area contributed by atoms with E-state index in [1.54, 1.807) is 17.0 Å². The van der Waals surface area contributed by atoms with Gasteiger partial charge in [-0.15, -0.1) is 10.2 Å². The quantitative estimate of drug-likeness (QED) is 0.729. The fourth-order valence-electron chi connectivity index (χ4n) is 3.13. The molecule has 1 aliphatic rings. The Bertz CT molecular complexity index is 760. The van der Waals surface area contributed by atoms with Crippen molar-refractivity contribution < 1.29 is 14.3 Å². The van der Waals surface area contributed by atoms with Crippen LogP contribution in [0.15, 0.2) is 30.6 Å². The summed E-state index contributed by atoms with van der Waals surface area (Å²) < 4.78 is 5.67. The number of Topliss-reactive ketones (excluding diaryl/α,β-unsaturated/α-hetero) is 1. The molecule has 0 unspecified atom stereocenters. The second-order valence-corrected chi connectivity index (χ2v) is 6.70. The summed E-state index contributed by atoms with van der Waals surface area (Å²) in [6.07, 6.45) is 2.92. The number of benzene rings is 1. The number of ether oxygens (including phenoxy) is 1. The van der Waals surface area contributed by atoms with Crippen molar-refractivity contribution in [2.75, 3.05) is 13.1 Å². The van der Waals surface area contributed by atoms with E-state index in [-0.39, 0.29) is 30.3 Å². The van der Waals surface area contributed by atoms with Crippen molar-refractivity contribution in [1.82, 2.24) is 25.1 Å². The third kappa shape index (κ3) is 4.44. The lowest BCUT2D eigenvalue weighted by atomic mass is 9.90. The maximum atomic E-state index is 12.9. The van der Waals surface area contributed by atoms with Gasteiger partial charge >= 0.3 is 0 Å². The van der Waals surface area contributed by atoms with Crippen molar-refractivity contribution in [2.45, 2.75) is 39.3 Å². The Kier molecular flexibility index (Phi) is 5.60. The van der Waals surface area contributed by atoms with Gasteiger partial charge in [0.2, 0.25) is 5.91 Å². The van der Waals surface area contributed by atoms with E-state index in [0.717, 1.165) is 12.8 Å². The van der Waals surface area contributed by atoms with Gasteiger partial charge in [0.25, 0.3) is 0 Å². The molecule has 2 aromatic rings. The standard InChI is InChI=1S/C18H23N5O3/c1-13(2)26-16-7-3-5-14(9-16)18(25)15-6-4-8-22(10-15)17(24)11-23-20-12-19-21-23/h3,5,7,9,12-13,15H,4,6,8,10-11H2,1-2H3/t15-/m1/s1. The molecule has 1 fully saturated rings. The summed E-state index contributed by atoms with van der Waals surface area (Å²) >= 11 is 0. The van der Waals surface area contributed by atoms with Gasteiger partial charge in [0.1, 0.15) is 12.3 Å². The Morgan fingerprint density at radius 1 is 1.35 bits per heavy atom. The molecule has 1 aromatic carbocycles. The molecule has 1 saturated heterocycles. The SMILES string of the molecule is CC(C)Oc1cccc(C(=O)[C@@H]2CCCN(C(=O)Cn3ncnn3)C2)c1. The first-order valence-corrected chi connectivity index (χ1v) is 8.82. The average molecular weight is 357 g/mol. The van der Waals surface area contributed by atoms with E-state index in [9.17, 15) is 9.59 Å². The molecule has 0 radical (unpaired) electrons. The number of hydrogen-bond donors (Lipinski definition) is 0. The third-order valence-corrected chi connectivity index (χ3v) is 4.30. The van der Waals surface area contributed by atoms with Gasteiger partial charge in [-0.1, -0.05) is 12.1 Å². The zero-order chi connectivity index (χ0) is 18.5. The van der Waals surface area contributed by atoms with Gasteiger partial charge < -0.3 is 9.64 Å². The van der Waals surface area contributed by atoms with Crippen LogP contribution in [0.3, 0.4) is 0 Å². The monoisotopic (exact) mass is 357 g/mol. The van der Waals surface area contributed by atoms with Crippen LogP contribution in [0.25, 0.3) is 0 Å². The van der Waals surface area contributed by atoms with Gasteiger partial charge in [-0.25, -0.2) is 0 Å². The van der Waals surface area contributed by atoms with Crippen LogP contribution in [0, 0.1) is 5.92 Å². The fraction of sp³-hybridized carbons (Fsp3) is 0.500. The smallest absolute Gasteiger partial charge is 0.246 e. The average Bonchev–Trinajstić information content (AvgIpc) is 3.14. The topological polar surface area (TPSA) is 90.2 Å². The summed E-state index contributed by atoms with van der Waals surface area (Å²) in [5, 5.41) is 11.2. The number of carbonyl (C=O) groups excluding carboxylic acids is 2. The molecular formula is C18H23N5O3. The minimum absolute atomic E-state index is 0.0403. The Labute approximate surface area is 152 Å². The van der Waals surface area contributed by atoms with Crippen molar-refractivity contribution in [1.29, 1.82) is 0 Å². The lowest BCUT2D eigenvalue weighted by Gasteiger charge is -2.32. The van der Waals surface area contributed by atoms with E-state index in [2.05, 4.69) is 15.4 Å². The molecule has 2 heterocycles. The molecule has 1 amide bonds. The number of aromatic nitrogens is 4. The van der Waals surface area contributed by atoms with E-state index in [1.165, 1.54) is 11.1 Å². The Hall–Kier alpha value is -2.77. The van der Waals surface area contributed by atoms with Crippen molar-refractivity contribution in [3.05, 3.63) is 36.2 Å². The predicted molar refractivity (Wildman–Crippen MR) is 93.7 cm³/mol. The summed E-state index contributed by atoms with van der Waals surface area (Å²) in [6, 6.07) is 7.25. The Morgan fingerprint density at radius 2 is 2.19 bits per heavy atom. The van der Waals surface area contributed by atoms with Gasteiger partial charge in [0.05, 0.1) is 6.10 Å². The molecule has 26 heavy (non-hydrogen) atoms.